The quantitative estimate of drug-likeness (QED) is 0.641. The zero-order valence-corrected chi connectivity index (χ0v) is 14.2. The number of nitrogens with zero attached hydrogens (tertiary/aromatic N) is 1. The van der Waals surface area contributed by atoms with E-state index in [1.54, 1.807) is 0 Å². The molecule has 1 saturated heterocycles. The van der Waals surface area contributed by atoms with Crippen LogP contribution in [0.5, 0.6) is 0 Å². The Kier molecular flexibility index (Phi) is 13.8. The van der Waals surface area contributed by atoms with E-state index in [4.69, 9.17) is 14.0 Å². The van der Waals surface area contributed by atoms with Crippen LogP contribution in [0.3, 0.4) is 0 Å². The van der Waals surface area contributed by atoms with Gasteiger partial charge in [0, 0.05) is 19.8 Å². The molecule has 0 aromatic carbocycles. The van der Waals surface area contributed by atoms with E-state index in [1.165, 1.54) is 32.4 Å². The second kappa shape index (κ2) is 13.9. The van der Waals surface area contributed by atoms with Crippen molar-refractivity contribution < 1.29 is 14.0 Å². The number of hydrogen-bond donors (Lipinski definition) is 0. The van der Waals surface area contributed by atoms with Crippen LogP contribution in [0.4, 0.5) is 0 Å². The van der Waals surface area contributed by atoms with Gasteiger partial charge in [0.25, 0.3) is 0 Å². The Bertz CT molecular complexity index is 194. The molecule has 0 aromatic heterocycles. The maximum Gasteiger partial charge on any atom is 0.639 e. The highest BCUT2D eigenvalue weighted by Gasteiger charge is 2.24. The van der Waals surface area contributed by atoms with E-state index >= 15 is 0 Å². The van der Waals surface area contributed by atoms with Gasteiger partial charge < -0.3 is 18.9 Å². The molecule has 0 atom stereocenters. The van der Waals surface area contributed by atoms with Crippen LogP contribution in [0.15, 0.2) is 0 Å². The summed E-state index contributed by atoms with van der Waals surface area (Å²) in [5.41, 5.74) is 0. The summed E-state index contributed by atoms with van der Waals surface area (Å²) in [6.45, 7) is 15.9. The molecule has 0 N–H and O–H groups in total. The highest BCUT2D eigenvalue weighted by Crippen LogP contribution is 2.17. The Labute approximate surface area is 126 Å². The van der Waals surface area contributed by atoms with Crippen LogP contribution in [0, 0.1) is 5.92 Å². The van der Waals surface area contributed by atoms with E-state index in [1.807, 2.05) is 13.8 Å². The van der Waals surface area contributed by atoms with Gasteiger partial charge in [-0.25, -0.2) is 0 Å². The molecule has 1 aliphatic heterocycles. The average Bonchev–Trinajstić information content (AvgIpc) is 2.47. The van der Waals surface area contributed by atoms with E-state index in [0.29, 0.717) is 19.1 Å². The third kappa shape index (κ3) is 9.75. The van der Waals surface area contributed by atoms with Gasteiger partial charge in [0.05, 0.1) is 0 Å². The number of hydrogen-bond acceptors (Lipinski definition) is 4. The molecule has 0 radical (unpaired) electrons. The molecule has 1 heterocycles. The van der Waals surface area contributed by atoms with Crippen LogP contribution >= 0.6 is 0 Å². The van der Waals surface area contributed by atoms with Crippen molar-refractivity contribution in [2.45, 2.75) is 53.9 Å². The van der Waals surface area contributed by atoms with Crippen molar-refractivity contribution in [3.05, 3.63) is 0 Å². The molecule has 0 aromatic rings. The minimum absolute atomic E-state index is 0.478. The van der Waals surface area contributed by atoms with Crippen LogP contribution < -0.4 is 0 Å². The summed E-state index contributed by atoms with van der Waals surface area (Å²) in [5.74, 6) is 0.654. The van der Waals surface area contributed by atoms with E-state index in [0.717, 1.165) is 13.2 Å². The van der Waals surface area contributed by atoms with E-state index in [-0.39, 0.29) is 0 Å². The first kappa shape index (κ1) is 19.9. The molecule has 1 aliphatic rings. The van der Waals surface area contributed by atoms with Crippen molar-refractivity contribution in [3.8, 4) is 0 Å². The van der Waals surface area contributed by atoms with Crippen LogP contribution in [-0.2, 0) is 14.0 Å². The highest BCUT2D eigenvalue weighted by molar-refractivity contribution is 6.36. The lowest BCUT2D eigenvalue weighted by Gasteiger charge is -2.31. The lowest BCUT2D eigenvalue weighted by atomic mass is 9.97. The largest absolute Gasteiger partial charge is 0.639 e. The van der Waals surface area contributed by atoms with Crippen molar-refractivity contribution in [2.75, 3.05) is 39.5 Å². The third-order valence-corrected chi connectivity index (χ3v) is 3.23. The summed E-state index contributed by atoms with van der Waals surface area (Å²) in [6, 6.07) is 0. The highest BCUT2D eigenvalue weighted by atomic mass is 16.7. The number of rotatable bonds is 8. The number of likely N-dealkylation sites (tertiary alicyclic amines) is 1. The first-order valence-electron chi connectivity index (χ1n) is 8.28. The molecule has 4 nitrogen and oxygen atoms in total. The topological polar surface area (TPSA) is 30.9 Å². The van der Waals surface area contributed by atoms with Crippen molar-refractivity contribution in [2.24, 2.45) is 5.92 Å². The third-order valence-electron chi connectivity index (χ3n) is 3.23. The predicted octanol–water partition coefficient (Wildman–Crippen LogP) is 3.21. The first-order valence-corrected chi connectivity index (χ1v) is 8.28. The van der Waals surface area contributed by atoms with Gasteiger partial charge in [0.15, 0.2) is 0 Å². The van der Waals surface area contributed by atoms with Crippen molar-refractivity contribution in [1.82, 2.24) is 4.90 Å². The zero-order valence-electron chi connectivity index (χ0n) is 14.2. The van der Waals surface area contributed by atoms with Gasteiger partial charge in [-0.3, -0.25) is 0 Å². The molecule has 0 amide bonds. The van der Waals surface area contributed by atoms with Crippen LogP contribution in [0.25, 0.3) is 0 Å². The summed E-state index contributed by atoms with van der Waals surface area (Å²) >= 11 is 0. The van der Waals surface area contributed by atoms with Gasteiger partial charge in [-0.2, -0.15) is 0 Å². The summed E-state index contributed by atoms with van der Waals surface area (Å²) in [7, 11) is -0.478. The van der Waals surface area contributed by atoms with Gasteiger partial charge in [-0.1, -0.05) is 27.2 Å². The molecular weight excluding hydrogens is 253 g/mol. The Balaban J connectivity index is 0.00000110. The Hall–Kier alpha value is -0.0951. The molecule has 0 unspecified atom stereocenters. The molecule has 0 aliphatic carbocycles. The molecular formula is C15H34BNO3. The molecule has 0 bridgehead atoms. The van der Waals surface area contributed by atoms with Crippen molar-refractivity contribution in [1.29, 1.82) is 0 Å². The van der Waals surface area contributed by atoms with Crippen LogP contribution in [-0.4, -0.2) is 51.7 Å². The molecule has 0 saturated carbocycles. The van der Waals surface area contributed by atoms with Gasteiger partial charge in [0.2, 0.25) is 0 Å². The van der Waals surface area contributed by atoms with E-state index < -0.39 is 7.32 Å². The Morgan fingerprint density at radius 2 is 1.40 bits per heavy atom. The fourth-order valence-electron chi connectivity index (χ4n) is 2.10. The molecule has 1 rings (SSSR count). The van der Waals surface area contributed by atoms with Crippen molar-refractivity contribution >= 4 is 7.32 Å². The first-order chi connectivity index (χ1) is 9.71. The standard InChI is InChI=1S/C12H26BNO3.C3H8/c1-4-14-9-7-12(8-10-14)11-17-13(15-5-2)16-6-3;1-3-2/h12H,4-11H2,1-3H3;3H2,1-2H3. The summed E-state index contributed by atoms with van der Waals surface area (Å²) in [6.07, 6.45) is 3.69. The molecule has 20 heavy (non-hydrogen) atoms. The Morgan fingerprint density at radius 1 is 0.900 bits per heavy atom. The SMILES string of the molecule is CCC.CCOB(OCC)OCC1CCN(CC)CC1. The fraction of sp³-hybridized carbons (Fsp3) is 1.00. The van der Waals surface area contributed by atoms with Gasteiger partial charge in [0.1, 0.15) is 0 Å². The second-order valence-corrected chi connectivity index (χ2v) is 5.12. The normalized spacial score (nSPS) is 16.6. The number of piperidine rings is 1. The smallest absolute Gasteiger partial charge is 0.386 e. The lowest BCUT2D eigenvalue weighted by Crippen LogP contribution is -2.36. The monoisotopic (exact) mass is 287 g/mol. The molecule has 0 spiro atoms. The van der Waals surface area contributed by atoms with Gasteiger partial charge in [-0.05, 0) is 52.2 Å². The second-order valence-electron chi connectivity index (χ2n) is 5.12. The zero-order chi connectivity index (χ0) is 15.2. The van der Waals surface area contributed by atoms with Gasteiger partial charge in [-0.15, -0.1) is 0 Å². The average molecular weight is 287 g/mol. The van der Waals surface area contributed by atoms with Crippen molar-refractivity contribution in [3.63, 3.8) is 0 Å². The van der Waals surface area contributed by atoms with E-state index in [2.05, 4.69) is 25.7 Å². The molecule has 120 valence electrons. The van der Waals surface area contributed by atoms with Gasteiger partial charge >= 0.3 is 7.32 Å². The fourth-order valence-corrected chi connectivity index (χ4v) is 2.10. The summed E-state index contributed by atoms with van der Waals surface area (Å²) in [4.78, 5) is 2.49. The van der Waals surface area contributed by atoms with E-state index in [9.17, 15) is 0 Å². The maximum absolute atomic E-state index is 5.67. The molecule has 5 heteroatoms. The minimum Gasteiger partial charge on any atom is -0.386 e. The van der Waals surface area contributed by atoms with Crippen LogP contribution in [0.2, 0.25) is 0 Å². The minimum atomic E-state index is -0.478. The predicted molar refractivity (Wildman–Crippen MR) is 85.8 cm³/mol. The Morgan fingerprint density at radius 3 is 1.80 bits per heavy atom. The molecule has 1 fully saturated rings. The lowest BCUT2D eigenvalue weighted by molar-refractivity contribution is 0.0706. The summed E-state index contributed by atoms with van der Waals surface area (Å²) < 4.78 is 16.4. The maximum atomic E-state index is 5.67. The van der Waals surface area contributed by atoms with Crippen LogP contribution in [0.1, 0.15) is 53.9 Å². The summed E-state index contributed by atoms with van der Waals surface area (Å²) in [5, 5.41) is 0.